The van der Waals surface area contributed by atoms with Crippen LogP contribution in [0.4, 0.5) is 5.82 Å². The molecule has 0 unspecified atom stereocenters. The van der Waals surface area contributed by atoms with Gasteiger partial charge in [-0.3, -0.25) is 4.90 Å². The number of aromatic nitrogens is 2. The average molecular weight is 367 g/mol. The summed E-state index contributed by atoms with van der Waals surface area (Å²) in [4.78, 5) is 14.9. The highest BCUT2D eigenvalue weighted by molar-refractivity contribution is 7.17. The van der Waals surface area contributed by atoms with Gasteiger partial charge in [0.05, 0.1) is 5.39 Å². The Bertz CT molecular complexity index is 1010. The lowest BCUT2D eigenvalue weighted by molar-refractivity contribution is 0.250. The summed E-state index contributed by atoms with van der Waals surface area (Å²) in [7, 11) is 0. The van der Waals surface area contributed by atoms with Gasteiger partial charge in [-0.2, -0.15) is 0 Å². The molecule has 4 heterocycles. The Kier molecular flexibility index (Phi) is 3.88. The van der Waals surface area contributed by atoms with Gasteiger partial charge in [0.15, 0.2) is 0 Å². The summed E-state index contributed by atoms with van der Waals surface area (Å²) in [5, 5.41) is 7.01. The van der Waals surface area contributed by atoms with E-state index in [1.807, 2.05) is 11.3 Å². The maximum absolute atomic E-state index is 4.55. The van der Waals surface area contributed by atoms with Gasteiger partial charge in [-0.1, -0.05) is 18.2 Å². The van der Waals surface area contributed by atoms with Crippen molar-refractivity contribution in [1.29, 1.82) is 0 Å². The van der Waals surface area contributed by atoms with E-state index in [1.165, 1.54) is 21.0 Å². The number of hydrogen-bond acceptors (Lipinski definition) is 6. The van der Waals surface area contributed by atoms with E-state index in [9.17, 15) is 0 Å². The topological polar surface area (TPSA) is 32.3 Å². The first kappa shape index (κ1) is 15.3. The van der Waals surface area contributed by atoms with Crippen LogP contribution in [0.25, 0.3) is 20.3 Å². The van der Waals surface area contributed by atoms with Gasteiger partial charge in [-0.05, 0) is 33.8 Å². The Hall–Kier alpha value is -2.02. The van der Waals surface area contributed by atoms with Crippen molar-refractivity contribution in [3.05, 3.63) is 53.0 Å². The number of benzene rings is 1. The van der Waals surface area contributed by atoms with E-state index in [-0.39, 0.29) is 0 Å². The number of rotatable bonds is 3. The molecule has 0 saturated carbocycles. The molecule has 1 aliphatic rings. The van der Waals surface area contributed by atoms with Crippen molar-refractivity contribution in [2.24, 2.45) is 0 Å². The minimum absolute atomic E-state index is 1.02. The van der Waals surface area contributed by atoms with Crippen LogP contribution in [0.1, 0.15) is 5.56 Å². The molecule has 0 radical (unpaired) electrons. The molecule has 4 aromatic rings. The van der Waals surface area contributed by atoms with E-state index in [0.29, 0.717) is 0 Å². The van der Waals surface area contributed by atoms with Crippen LogP contribution in [0.3, 0.4) is 0 Å². The molecule has 126 valence electrons. The first-order valence-corrected chi connectivity index (χ1v) is 10.2. The molecular formula is C19H18N4S2. The van der Waals surface area contributed by atoms with Crippen molar-refractivity contribution >= 4 is 48.8 Å². The fourth-order valence-electron chi connectivity index (χ4n) is 3.54. The quantitative estimate of drug-likeness (QED) is 0.543. The fraction of sp³-hybridized carbons (Fsp3) is 0.263. The lowest BCUT2D eigenvalue weighted by Gasteiger charge is -2.35. The van der Waals surface area contributed by atoms with Crippen molar-refractivity contribution < 1.29 is 0 Å². The Balaban J connectivity index is 1.31. The molecule has 1 saturated heterocycles. The molecule has 4 nitrogen and oxygen atoms in total. The molecule has 1 aliphatic heterocycles. The minimum atomic E-state index is 1.02. The first-order chi connectivity index (χ1) is 12.4. The summed E-state index contributed by atoms with van der Waals surface area (Å²) in [6.45, 7) is 5.21. The Morgan fingerprint density at radius 1 is 0.920 bits per heavy atom. The molecule has 5 rings (SSSR count). The van der Waals surface area contributed by atoms with Gasteiger partial charge in [0.1, 0.15) is 17.0 Å². The predicted octanol–water partition coefficient (Wildman–Crippen LogP) is 4.23. The summed E-state index contributed by atoms with van der Waals surface area (Å²) in [5.74, 6) is 1.09. The molecular weight excluding hydrogens is 348 g/mol. The summed E-state index contributed by atoms with van der Waals surface area (Å²) < 4.78 is 1.39. The van der Waals surface area contributed by atoms with E-state index in [2.05, 4.69) is 60.9 Å². The smallest absolute Gasteiger partial charge is 0.140 e. The highest BCUT2D eigenvalue weighted by Gasteiger charge is 2.21. The second-order valence-corrected chi connectivity index (χ2v) is 8.16. The van der Waals surface area contributed by atoms with Crippen LogP contribution in [0.2, 0.25) is 0 Å². The fourth-order valence-corrected chi connectivity index (χ4v) is 5.22. The van der Waals surface area contributed by atoms with Gasteiger partial charge in [0, 0.05) is 37.4 Å². The monoisotopic (exact) mass is 366 g/mol. The van der Waals surface area contributed by atoms with Crippen LogP contribution in [-0.2, 0) is 6.54 Å². The van der Waals surface area contributed by atoms with E-state index in [1.54, 1.807) is 17.7 Å². The van der Waals surface area contributed by atoms with Gasteiger partial charge in [0.25, 0.3) is 0 Å². The molecule has 0 atom stereocenters. The molecule has 3 aromatic heterocycles. The molecule has 0 amide bonds. The zero-order chi connectivity index (χ0) is 16.6. The van der Waals surface area contributed by atoms with Crippen LogP contribution >= 0.6 is 22.7 Å². The van der Waals surface area contributed by atoms with Crippen molar-refractivity contribution in [3.8, 4) is 0 Å². The molecule has 1 aromatic carbocycles. The lowest BCUT2D eigenvalue weighted by Crippen LogP contribution is -2.46. The molecule has 0 bridgehead atoms. The zero-order valence-electron chi connectivity index (χ0n) is 13.8. The number of fused-ring (bicyclic) bond motifs is 2. The molecule has 6 heteroatoms. The number of anilines is 1. The normalized spacial score (nSPS) is 16.1. The van der Waals surface area contributed by atoms with Gasteiger partial charge in [0.2, 0.25) is 0 Å². The van der Waals surface area contributed by atoms with Crippen LogP contribution in [0.5, 0.6) is 0 Å². The molecule has 0 N–H and O–H groups in total. The lowest BCUT2D eigenvalue weighted by atomic mass is 10.1. The average Bonchev–Trinajstić information content (AvgIpc) is 3.29. The Labute approximate surface area is 154 Å². The third kappa shape index (κ3) is 2.80. The summed E-state index contributed by atoms with van der Waals surface area (Å²) in [6, 6.07) is 10.8. The van der Waals surface area contributed by atoms with Crippen molar-refractivity contribution in [1.82, 2.24) is 14.9 Å². The van der Waals surface area contributed by atoms with Crippen LogP contribution < -0.4 is 4.90 Å². The van der Waals surface area contributed by atoms with Crippen molar-refractivity contribution in [2.45, 2.75) is 6.54 Å². The number of piperazine rings is 1. The van der Waals surface area contributed by atoms with Crippen molar-refractivity contribution in [2.75, 3.05) is 31.1 Å². The Morgan fingerprint density at radius 2 is 1.80 bits per heavy atom. The first-order valence-electron chi connectivity index (χ1n) is 8.49. The van der Waals surface area contributed by atoms with Gasteiger partial charge >= 0.3 is 0 Å². The third-order valence-electron chi connectivity index (χ3n) is 4.87. The Morgan fingerprint density at radius 3 is 2.72 bits per heavy atom. The van der Waals surface area contributed by atoms with Crippen molar-refractivity contribution in [3.63, 3.8) is 0 Å². The van der Waals surface area contributed by atoms with Gasteiger partial charge in [-0.25, -0.2) is 9.97 Å². The van der Waals surface area contributed by atoms with Crippen LogP contribution in [0.15, 0.2) is 47.4 Å². The number of thiophene rings is 2. The SMILES string of the molecule is c1ccc2c(CN3CCN(c4ncnc5sccc45)CC3)csc2c1. The van der Waals surface area contributed by atoms with Crippen LogP contribution in [0, 0.1) is 0 Å². The van der Waals surface area contributed by atoms with Crippen LogP contribution in [-0.4, -0.2) is 41.0 Å². The molecule has 0 spiro atoms. The second-order valence-electron chi connectivity index (χ2n) is 6.36. The van der Waals surface area contributed by atoms with Gasteiger partial charge in [-0.15, -0.1) is 22.7 Å². The van der Waals surface area contributed by atoms with E-state index in [0.717, 1.165) is 43.4 Å². The third-order valence-corrected chi connectivity index (χ3v) is 6.70. The minimum Gasteiger partial charge on any atom is -0.353 e. The highest BCUT2D eigenvalue weighted by Crippen LogP contribution is 2.29. The van der Waals surface area contributed by atoms with Gasteiger partial charge < -0.3 is 4.90 Å². The maximum atomic E-state index is 4.55. The predicted molar refractivity (Wildman–Crippen MR) is 107 cm³/mol. The highest BCUT2D eigenvalue weighted by atomic mass is 32.1. The molecule has 25 heavy (non-hydrogen) atoms. The van der Waals surface area contributed by atoms with E-state index >= 15 is 0 Å². The summed E-state index contributed by atoms with van der Waals surface area (Å²) in [6.07, 6.45) is 1.69. The molecule has 0 aliphatic carbocycles. The number of hydrogen-bond donors (Lipinski definition) is 0. The zero-order valence-corrected chi connectivity index (χ0v) is 15.4. The molecule has 1 fully saturated rings. The van der Waals surface area contributed by atoms with E-state index in [4.69, 9.17) is 0 Å². The second kappa shape index (κ2) is 6.37. The van der Waals surface area contributed by atoms with E-state index < -0.39 is 0 Å². The number of nitrogens with zero attached hydrogens (tertiary/aromatic N) is 4. The summed E-state index contributed by atoms with van der Waals surface area (Å²) in [5.41, 5.74) is 1.45. The standard InChI is InChI=1S/C19H18N4S2/c1-2-4-17-15(3-1)14(12-25-17)11-22-6-8-23(9-7-22)18-16-5-10-24-19(16)21-13-20-18/h1-5,10,12-13H,6-9,11H2. The maximum Gasteiger partial charge on any atom is 0.140 e. The summed E-state index contributed by atoms with van der Waals surface area (Å²) >= 11 is 3.53. The largest absolute Gasteiger partial charge is 0.353 e.